The SMILES string of the molecule is CN=C(NCc1ccccc1OC)NCC1(CCOC)CCC1. The molecular formula is C18H29N3O2. The van der Waals surface area contributed by atoms with Crippen molar-refractivity contribution in [1.29, 1.82) is 0 Å². The Labute approximate surface area is 139 Å². The van der Waals surface area contributed by atoms with E-state index in [0.717, 1.165) is 36.8 Å². The highest BCUT2D eigenvalue weighted by Crippen LogP contribution is 2.43. The third-order valence-electron chi connectivity index (χ3n) is 4.74. The molecule has 0 aliphatic heterocycles. The molecule has 1 saturated carbocycles. The Morgan fingerprint density at radius 2 is 2.00 bits per heavy atom. The summed E-state index contributed by atoms with van der Waals surface area (Å²) in [5, 5.41) is 6.84. The minimum atomic E-state index is 0.373. The summed E-state index contributed by atoms with van der Waals surface area (Å²) in [6, 6.07) is 8.03. The highest BCUT2D eigenvalue weighted by molar-refractivity contribution is 5.79. The normalized spacial score (nSPS) is 16.6. The fourth-order valence-electron chi connectivity index (χ4n) is 3.03. The Morgan fingerprint density at radius 1 is 1.22 bits per heavy atom. The summed E-state index contributed by atoms with van der Waals surface area (Å²) in [4.78, 5) is 4.32. The summed E-state index contributed by atoms with van der Waals surface area (Å²) in [6.45, 7) is 2.46. The van der Waals surface area contributed by atoms with Gasteiger partial charge in [0.05, 0.1) is 7.11 Å². The van der Waals surface area contributed by atoms with Gasteiger partial charge in [0.25, 0.3) is 0 Å². The zero-order valence-electron chi connectivity index (χ0n) is 14.5. The molecule has 5 heteroatoms. The Morgan fingerprint density at radius 3 is 2.61 bits per heavy atom. The van der Waals surface area contributed by atoms with Gasteiger partial charge in [-0.1, -0.05) is 24.6 Å². The van der Waals surface area contributed by atoms with Crippen LogP contribution in [0.2, 0.25) is 0 Å². The van der Waals surface area contributed by atoms with Crippen LogP contribution in [-0.4, -0.2) is 40.4 Å². The Balaban J connectivity index is 1.84. The Hall–Kier alpha value is -1.75. The van der Waals surface area contributed by atoms with Gasteiger partial charge in [-0.25, -0.2) is 0 Å². The van der Waals surface area contributed by atoms with Crippen molar-refractivity contribution in [3.8, 4) is 5.75 Å². The van der Waals surface area contributed by atoms with Crippen LogP contribution in [-0.2, 0) is 11.3 Å². The number of nitrogens with one attached hydrogen (secondary N) is 2. The van der Waals surface area contributed by atoms with Crippen LogP contribution in [0.5, 0.6) is 5.75 Å². The van der Waals surface area contributed by atoms with Crippen molar-refractivity contribution in [3.63, 3.8) is 0 Å². The molecule has 0 amide bonds. The lowest BCUT2D eigenvalue weighted by molar-refractivity contribution is 0.0732. The lowest BCUT2D eigenvalue weighted by Gasteiger charge is -2.42. The molecule has 1 aliphatic carbocycles. The van der Waals surface area contributed by atoms with E-state index in [2.05, 4.69) is 21.7 Å². The van der Waals surface area contributed by atoms with E-state index < -0.39 is 0 Å². The number of rotatable bonds is 8. The van der Waals surface area contributed by atoms with Gasteiger partial charge in [0, 0.05) is 39.4 Å². The standard InChI is InChI=1S/C18H29N3O2/c1-19-17(20-13-15-7-4-5-8-16(15)23-3)21-14-18(9-6-10-18)11-12-22-2/h4-5,7-8H,6,9-14H2,1-3H3,(H2,19,20,21). The number of aliphatic imine (C=N–C) groups is 1. The lowest BCUT2D eigenvalue weighted by Crippen LogP contribution is -2.46. The molecule has 128 valence electrons. The van der Waals surface area contributed by atoms with E-state index in [9.17, 15) is 0 Å². The molecule has 0 radical (unpaired) electrons. The minimum absolute atomic E-state index is 0.373. The zero-order valence-corrected chi connectivity index (χ0v) is 14.5. The number of hydrogen-bond acceptors (Lipinski definition) is 3. The van der Waals surface area contributed by atoms with Crippen molar-refractivity contribution >= 4 is 5.96 Å². The van der Waals surface area contributed by atoms with E-state index in [1.54, 1.807) is 21.3 Å². The van der Waals surface area contributed by atoms with E-state index >= 15 is 0 Å². The van der Waals surface area contributed by atoms with Gasteiger partial charge in [-0.05, 0) is 30.7 Å². The summed E-state index contributed by atoms with van der Waals surface area (Å²) < 4.78 is 10.6. The van der Waals surface area contributed by atoms with Crippen molar-refractivity contribution in [1.82, 2.24) is 10.6 Å². The molecule has 1 aliphatic rings. The Kier molecular flexibility index (Phi) is 6.71. The van der Waals surface area contributed by atoms with Crippen molar-refractivity contribution in [2.24, 2.45) is 10.4 Å². The van der Waals surface area contributed by atoms with Crippen LogP contribution in [0.25, 0.3) is 0 Å². The largest absolute Gasteiger partial charge is 0.496 e. The number of guanidine groups is 1. The van der Waals surface area contributed by atoms with Crippen molar-refractivity contribution in [2.75, 3.05) is 34.4 Å². The van der Waals surface area contributed by atoms with E-state index in [-0.39, 0.29) is 0 Å². The smallest absolute Gasteiger partial charge is 0.191 e. The van der Waals surface area contributed by atoms with Crippen LogP contribution in [0.3, 0.4) is 0 Å². The molecule has 1 aromatic rings. The van der Waals surface area contributed by atoms with Gasteiger partial charge >= 0.3 is 0 Å². The highest BCUT2D eigenvalue weighted by atomic mass is 16.5. The van der Waals surface area contributed by atoms with Gasteiger partial charge < -0.3 is 20.1 Å². The minimum Gasteiger partial charge on any atom is -0.496 e. The molecule has 1 aromatic carbocycles. The fourth-order valence-corrected chi connectivity index (χ4v) is 3.03. The summed E-state index contributed by atoms with van der Waals surface area (Å²) in [5.74, 6) is 1.73. The second-order valence-corrected chi connectivity index (χ2v) is 6.19. The first-order valence-electron chi connectivity index (χ1n) is 8.28. The molecule has 0 bridgehead atoms. The first-order valence-corrected chi connectivity index (χ1v) is 8.28. The topological polar surface area (TPSA) is 54.9 Å². The van der Waals surface area contributed by atoms with E-state index in [1.807, 2.05) is 18.2 Å². The van der Waals surface area contributed by atoms with Crippen LogP contribution >= 0.6 is 0 Å². The number of hydrogen-bond donors (Lipinski definition) is 2. The number of nitrogens with zero attached hydrogens (tertiary/aromatic N) is 1. The maximum Gasteiger partial charge on any atom is 0.191 e. The predicted molar refractivity (Wildman–Crippen MR) is 94.0 cm³/mol. The quantitative estimate of drug-likeness (QED) is 0.571. The number of ether oxygens (including phenoxy) is 2. The second kappa shape index (κ2) is 8.77. The maximum atomic E-state index is 5.38. The van der Waals surface area contributed by atoms with Gasteiger partial charge in [0.1, 0.15) is 5.75 Å². The number of para-hydroxylation sites is 1. The third kappa shape index (κ3) is 4.86. The van der Waals surface area contributed by atoms with Crippen molar-refractivity contribution < 1.29 is 9.47 Å². The number of methoxy groups -OCH3 is 2. The first kappa shape index (κ1) is 17.6. The van der Waals surface area contributed by atoms with E-state index in [0.29, 0.717) is 12.0 Å². The third-order valence-corrected chi connectivity index (χ3v) is 4.74. The molecule has 0 saturated heterocycles. The molecular weight excluding hydrogens is 290 g/mol. The maximum absolute atomic E-state index is 5.38. The van der Waals surface area contributed by atoms with Gasteiger partial charge in [-0.15, -0.1) is 0 Å². The molecule has 0 unspecified atom stereocenters. The molecule has 2 rings (SSSR count). The van der Waals surface area contributed by atoms with Crippen LogP contribution in [0.4, 0.5) is 0 Å². The van der Waals surface area contributed by atoms with Crippen molar-refractivity contribution in [3.05, 3.63) is 29.8 Å². The van der Waals surface area contributed by atoms with Crippen LogP contribution in [0, 0.1) is 5.41 Å². The van der Waals surface area contributed by atoms with Crippen molar-refractivity contribution in [2.45, 2.75) is 32.2 Å². The van der Waals surface area contributed by atoms with Crippen LogP contribution in [0.15, 0.2) is 29.3 Å². The first-order chi connectivity index (χ1) is 11.2. The fraction of sp³-hybridized carbons (Fsp3) is 0.611. The van der Waals surface area contributed by atoms with Crippen LogP contribution in [0.1, 0.15) is 31.2 Å². The lowest BCUT2D eigenvalue weighted by atomic mass is 9.67. The van der Waals surface area contributed by atoms with Gasteiger partial charge in [-0.2, -0.15) is 0 Å². The van der Waals surface area contributed by atoms with E-state index in [4.69, 9.17) is 9.47 Å². The molecule has 0 heterocycles. The molecule has 1 fully saturated rings. The second-order valence-electron chi connectivity index (χ2n) is 6.19. The van der Waals surface area contributed by atoms with Gasteiger partial charge in [0.2, 0.25) is 0 Å². The van der Waals surface area contributed by atoms with Gasteiger partial charge in [-0.3, -0.25) is 4.99 Å². The molecule has 0 atom stereocenters. The summed E-state index contributed by atoms with van der Waals surface area (Å²) >= 11 is 0. The van der Waals surface area contributed by atoms with Crippen LogP contribution < -0.4 is 15.4 Å². The zero-order chi connectivity index (χ0) is 16.5. The number of benzene rings is 1. The molecule has 5 nitrogen and oxygen atoms in total. The Bertz CT molecular complexity index is 513. The molecule has 2 N–H and O–H groups in total. The highest BCUT2D eigenvalue weighted by Gasteiger charge is 2.36. The van der Waals surface area contributed by atoms with Gasteiger partial charge in [0.15, 0.2) is 5.96 Å². The monoisotopic (exact) mass is 319 g/mol. The summed E-state index contributed by atoms with van der Waals surface area (Å²) in [6.07, 6.45) is 4.97. The molecule has 23 heavy (non-hydrogen) atoms. The predicted octanol–water partition coefficient (Wildman–Crippen LogP) is 2.57. The molecule has 0 aromatic heterocycles. The summed E-state index contributed by atoms with van der Waals surface area (Å²) in [5.41, 5.74) is 1.49. The molecule has 0 spiro atoms. The average molecular weight is 319 g/mol. The summed E-state index contributed by atoms with van der Waals surface area (Å²) in [7, 11) is 5.27. The van der Waals surface area contributed by atoms with E-state index in [1.165, 1.54) is 19.3 Å². The average Bonchev–Trinajstić information content (AvgIpc) is 2.56.